The predicted molar refractivity (Wildman–Crippen MR) is 83.0 cm³/mol. The maximum atomic E-state index is 5.79. The zero-order valence-electron chi connectivity index (χ0n) is 12.3. The maximum Gasteiger partial charge on any atom is 0.188 e. The highest BCUT2D eigenvalue weighted by Gasteiger charge is 2.03. The molecule has 5 nitrogen and oxygen atoms in total. The number of nitrogens with two attached hydrogens (primary N) is 1. The van der Waals surface area contributed by atoms with Gasteiger partial charge in [-0.05, 0) is 25.0 Å². The maximum absolute atomic E-state index is 5.79. The van der Waals surface area contributed by atoms with Crippen LogP contribution in [-0.2, 0) is 6.42 Å². The van der Waals surface area contributed by atoms with Gasteiger partial charge in [0.15, 0.2) is 5.96 Å². The molecular weight excluding hydrogens is 250 g/mol. The predicted octanol–water partition coefficient (Wildman–Crippen LogP) is 1.89. The molecule has 0 saturated carbocycles. The first-order valence-corrected chi connectivity index (χ1v) is 7.17. The van der Waals surface area contributed by atoms with Crippen LogP contribution in [0.4, 0.5) is 0 Å². The van der Waals surface area contributed by atoms with Crippen LogP contribution in [0.3, 0.4) is 0 Å². The summed E-state index contributed by atoms with van der Waals surface area (Å²) in [6.45, 7) is 5.76. The number of nitrogens with one attached hydrogen (secondary N) is 1. The summed E-state index contributed by atoms with van der Waals surface area (Å²) in [7, 11) is 0. The van der Waals surface area contributed by atoms with E-state index >= 15 is 0 Å². The number of unbranched alkanes of at least 4 members (excludes halogenated alkanes) is 1. The molecule has 108 valence electrons. The average Bonchev–Trinajstić information content (AvgIpc) is 2.83. The molecule has 0 fully saturated rings. The lowest BCUT2D eigenvalue weighted by Crippen LogP contribution is -2.33. The minimum absolute atomic E-state index is 0.526. The minimum atomic E-state index is 0.526. The molecule has 2 aromatic rings. The number of fused-ring (bicyclic) bond motifs is 1. The van der Waals surface area contributed by atoms with E-state index in [1.54, 1.807) is 0 Å². The van der Waals surface area contributed by atoms with Gasteiger partial charge in [-0.2, -0.15) is 0 Å². The Morgan fingerprint density at radius 2 is 2.35 bits per heavy atom. The van der Waals surface area contributed by atoms with E-state index in [4.69, 9.17) is 5.73 Å². The molecule has 0 spiro atoms. The molecule has 0 atom stereocenters. The van der Waals surface area contributed by atoms with Gasteiger partial charge in [-0.3, -0.25) is 4.99 Å². The first kappa shape index (κ1) is 14.4. The average molecular weight is 273 g/mol. The number of aromatic nitrogens is 2. The number of hydrogen-bond donors (Lipinski definition) is 2. The second-order valence-electron chi connectivity index (χ2n) is 4.95. The van der Waals surface area contributed by atoms with E-state index in [1.807, 2.05) is 12.3 Å². The van der Waals surface area contributed by atoms with Crippen molar-refractivity contribution in [1.82, 2.24) is 14.7 Å². The third-order valence-electron chi connectivity index (χ3n) is 3.21. The second-order valence-corrected chi connectivity index (χ2v) is 4.95. The lowest BCUT2D eigenvalue weighted by molar-refractivity contribution is 0.788. The van der Waals surface area contributed by atoms with Crippen LogP contribution in [0, 0.1) is 6.92 Å². The van der Waals surface area contributed by atoms with E-state index in [2.05, 4.69) is 45.8 Å². The lowest BCUT2D eigenvalue weighted by Gasteiger charge is -2.03. The van der Waals surface area contributed by atoms with Crippen LogP contribution in [0.25, 0.3) is 5.65 Å². The van der Waals surface area contributed by atoms with Gasteiger partial charge in [-0.15, -0.1) is 0 Å². The number of aliphatic imine (C=N–C) groups is 1. The topological polar surface area (TPSA) is 67.7 Å². The smallest absolute Gasteiger partial charge is 0.188 e. The molecule has 0 aromatic carbocycles. The van der Waals surface area contributed by atoms with Crippen molar-refractivity contribution in [1.29, 1.82) is 0 Å². The van der Waals surface area contributed by atoms with Crippen LogP contribution in [0.15, 0.2) is 29.5 Å². The highest BCUT2D eigenvalue weighted by Crippen LogP contribution is 2.09. The van der Waals surface area contributed by atoms with E-state index in [-0.39, 0.29) is 0 Å². The molecule has 2 heterocycles. The number of hydrogen-bond acceptors (Lipinski definition) is 2. The third kappa shape index (κ3) is 3.73. The zero-order chi connectivity index (χ0) is 14.4. The molecular formula is C15H23N5. The summed E-state index contributed by atoms with van der Waals surface area (Å²) in [5.41, 5.74) is 9.06. The van der Waals surface area contributed by atoms with Crippen molar-refractivity contribution in [3.05, 3.63) is 35.8 Å². The standard InChI is InChI=1S/C15H23N5/c1-3-4-8-17-15(16)18-9-7-13-11-20-10-5-6-12(2)14(20)19-13/h5-6,10-11H,3-4,7-9H2,1-2H3,(H3,16,17,18). The first-order chi connectivity index (χ1) is 9.70. The Morgan fingerprint density at radius 1 is 1.50 bits per heavy atom. The summed E-state index contributed by atoms with van der Waals surface area (Å²) in [5, 5.41) is 3.13. The van der Waals surface area contributed by atoms with Gasteiger partial charge in [0.05, 0.1) is 5.69 Å². The summed E-state index contributed by atoms with van der Waals surface area (Å²) in [4.78, 5) is 8.89. The molecule has 0 aliphatic carbocycles. The monoisotopic (exact) mass is 273 g/mol. The fourth-order valence-electron chi connectivity index (χ4n) is 2.06. The SMILES string of the molecule is CCCCN=C(N)NCCc1cn2cccc(C)c2n1. The van der Waals surface area contributed by atoms with Crippen LogP contribution in [0.2, 0.25) is 0 Å². The van der Waals surface area contributed by atoms with Crippen LogP contribution in [-0.4, -0.2) is 28.4 Å². The molecule has 20 heavy (non-hydrogen) atoms. The molecule has 0 saturated heterocycles. The van der Waals surface area contributed by atoms with Gasteiger partial charge in [0.2, 0.25) is 0 Å². The van der Waals surface area contributed by atoms with Gasteiger partial charge in [0.25, 0.3) is 0 Å². The van der Waals surface area contributed by atoms with Gasteiger partial charge in [-0.25, -0.2) is 4.98 Å². The van der Waals surface area contributed by atoms with E-state index in [9.17, 15) is 0 Å². The van der Waals surface area contributed by atoms with Gasteiger partial charge < -0.3 is 15.5 Å². The van der Waals surface area contributed by atoms with E-state index < -0.39 is 0 Å². The summed E-state index contributed by atoms with van der Waals surface area (Å²) >= 11 is 0. The van der Waals surface area contributed by atoms with E-state index in [1.165, 1.54) is 5.56 Å². The number of aryl methyl sites for hydroxylation is 1. The molecule has 0 amide bonds. The van der Waals surface area contributed by atoms with Crippen molar-refractivity contribution < 1.29 is 0 Å². The van der Waals surface area contributed by atoms with Crippen LogP contribution in [0.1, 0.15) is 31.0 Å². The Bertz CT molecular complexity index is 585. The Kier molecular flexibility index (Phi) is 4.98. The minimum Gasteiger partial charge on any atom is -0.370 e. The summed E-state index contributed by atoms with van der Waals surface area (Å²) in [5.74, 6) is 0.526. The van der Waals surface area contributed by atoms with Crippen molar-refractivity contribution in [2.45, 2.75) is 33.1 Å². The molecule has 0 unspecified atom stereocenters. The largest absolute Gasteiger partial charge is 0.370 e. The Balaban J connectivity index is 1.87. The first-order valence-electron chi connectivity index (χ1n) is 7.17. The van der Waals surface area contributed by atoms with Crippen molar-refractivity contribution in [3.63, 3.8) is 0 Å². The van der Waals surface area contributed by atoms with Gasteiger partial charge >= 0.3 is 0 Å². The third-order valence-corrected chi connectivity index (χ3v) is 3.21. The fraction of sp³-hybridized carbons (Fsp3) is 0.467. The van der Waals surface area contributed by atoms with E-state index in [0.717, 1.165) is 43.7 Å². The summed E-state index contributed by atoms with van der Waals surface area (Å²) < 4.78 is 2.06. The highest BCUT2D eigenvalue weighted by atomic mass is 15.1. The van der Waals surface area contributed by atoms with Crippen molar-refractivity contribution >= 4 is 11.6 Å². The normalized spacial score (nSPS) is 12.0. The zero-order valence-corrected chi connectivity index (χ0v) is 12.3. The molecule has 0 radical (unpaired) electrons. The Morgan fingerprint density at radius 3 is 3.10 bits per heavy atom. The molecule has 0 bridgehead atoms. The quantitative estimate of drug-likeness (QED) is 0.480. The molecule has 2 aromatic heterocycles. The van der Waals surface area contributed by atoms with Crippen molar-refractivity contribution in [2.24, 2.45) is 10.7 Å². The molecule has 0 aliphatic heterocycles. The molecule has 5 heteroatoms. The number of rotatable bonds is 6. The summed E-state index contributed by atoms with van der Waals surface area (Å²) in [6, 6.07) is 4.10. The van der Waals surface area contributed by atoms with Gasteiger partial charge in [-0.1, -0.05) is 19.4 Å². The molecule has 0 aliphatic rings. The van der Waals surface area contributed by atoms with Crippen LogP contribution in [0.5, 0.6) is 0 Å². The number of imidazole rings is 1. The van der Waals surface area contributed by atoms with Crippen molar-refractivity contribution in [3.8, 4) is 0 Å². The van der Waals surface area contributed by atoms with Crippen molar-refractivity contribution in [2.75, 3.05) is 13.1 Å². The molecule has 3 N–H and O–H groups in total. The van der Waals surface area contributed by atoms with E-state index in [0.29, 0.717) is 5.96 Å². The number of nitrogens with zero attached hydrogens (tertiary/aromatic N) is 3. The summed E-state index contributed by atoms with van der Waals surface area (Å²) in [6.07, 6.45) is 7.14. The number of guanidine groups is 1. The Hall–Kier alpha value is -2.04. The van der Waals surface area contributed by atoms with Crippen LogP contribution >= 0.6 is 0 Å². The Labute approximate surface area is 119 Å². The highest BCUT2D eigenvalue weighted by molar-refractivity contribution is 5.77. The van der Waals surface area contributed by atoms with Crippen LogP contribution < -0.4 is 11.1 Å². The van der Waals surface area contributed by atoms with Gasteiger partial charge in [0, 0.05) is 31.9 Å². The lowest BCUT2D eigenvalue weighted by atomic mass is 10.3. The second kappa shape index (κ2) is 6.93. The molecule has 2 rings (SSSR count). The number of pyridine rings is 1. The fourth-order valence-corrected chi connectivity index (χ4v) is 2.06. The van der Waals surface area contributed by atoms with Gasteiger partial charge in [0.1, 0.15) is 5.65 Å².